The van der Waals surface area contributed by atoms with E-state index in [2.05, 4.69) is 6.07 Å². The summed E-state index contributed by atoms with van der Waals surface area (Å²) < 4.78 is 10.6. The summed E-state index contributed by atoms with van der Waals surface area (Å²) >= 11 is 0. The second-order valence-corrected chi connectivity index (χ2v) is 3.48. The predicted molar refractivity (Wildman–Crippen MR) is 57.6 cm³/mol. The molecule has 15 heavy (non-hydrogen) atoms. The Morgan fingerprint density at radius 2 is 2.07 bits per heavy atom. The first-order valence-electron chi connectivity index (χ1n) is 4.86. The first-order valence-corrected chi connectivity index (χ1v) is 4.86. The van der Waals surface area contributed by atoms with Crippen LogP contribution in [0, 0.1) is 11.3 Å². The number of hydrogen-bond donors (Lipinski definition) is 0. The maximum Gasteiger partial charge on any atom is 0.168 e. The van der Waals surface area contributed by atoms with E-state index in [1.54, 1.807) is 0 Å². The van der Waals surface area contributed by atoms with Gasteiger partial charge in [0.05, 0.1) is 12.2 Å². The number of methoxy groups -OCH3 is 1. The van der Waals surface area contributed by atoms with E-state index in [0.717, 1.165) is 11.3 Å². The monoisotopic (exact) mass is 205 g/mol. The fourth-order valence-corrected chi connectivity index (χ4v) is 1.29. The molecule has 3 nitrogen and oxygen atoms in total. The fourth-order valence-electron chi connectivity index (χ4n) is 1.29. The van der Waals surface area contributed by atoms with Crippen LogP contribution in [0.4, 0.5) is 0 Å². The molecule has 0 spiro atoms. The Bertz CT molecular complexity index is 355. The van der Waals surface area contributed by atoms with Crippen LogP contribution in [-0.4, -0.2) is 13.2 Å². The molecule has 0 aromatic heterocycles. The Morgan fingerprint density at radius 1 is 1.33 bits per heavy atom. The summed E-state index contributed by atoms with van der Waals surface area (Å²) in [6.45, 7) is 3.93. The van der Waals surface area contributed by atoms with Crippen molar-refractivity contribution in [1.29, 1.82) is 5.26 Å². The Morgan fingerprint density at radius 3 is 2.60 bits per heavy atom. The smallest absolute Gasteiger partial charge is 0.168 e. The first kappa shape index (κ1) is 11.5. The molecule has 1 unspecified atom stereocenters. The van der Waals surface area contributed by atoms with Crippen molar-refractivity contribution in [2.75, 3.05) is 7.11 Å². The quantitative estimate of drug-likeness (QED) is 0.758. The zero-order valence-electron chi connectivity index (χ0n) is 9.23. The Labute approximate surface area is 90.2 Å². The molecule has 1 aromatic carbocycles. The summed E-state index contributed by atoms with van der Waals surface area (Å²) in [5.74, 6) is 0.764. The molecule has 1 rings (SSSR count). The largest absolute Gasteiger partial charge is 0.491 e. The zero-order valence-corrected chi connectivity index (χ0v) is 9.23. The molecule has 0 bridgehead atoms. The van der Waals surface area contributed by atoms with E-state index in [9.17, 15) is 0 Å². The minimum Gasteiger partial charge on any atom is -0.491 e. The topological polar surface area (TPSA) is 42.2 Å². The summed E-state index contributed by atoms with van der Waals surface area (Å²) in [4.78, 5) is 0. The highest BCUT2D eigenvalue weighted by Gasteiger charge is 2.09. The summed E-state index contributed by atoms with van der Waals surface area (Å²) in [5.41, 5.74) is 0.818. The van der Waals surface area contributed by atoms with Gasteiger partial charge in [0.1, 0.15) is 5.75 Å². The van der Waals surface area contributed by atoms with Gasteiger partial charge in [0.2, 0.25) is 0 Å². The van der Waals surface area contributed by atoms with E-state index < -0.39 is 6.10 Å². The number of hydrogen-bond acceptors (Lipinski definition) is 3. The molecule has 0 amide bonds. The molecule has 0 saturated carbocycles. The normalized spacial score (nSPS) is 12.2. The summed E-state index contributed by atoms with van der Waals surface area (Å²) in [5, 5.41) is 8.84. The van der Waals surface area contributed by atoms with Gasteiger partial charge in [0, 0.05) is 7.11 Å². The average Bonchev–Trinajstić information content (AvgIpc) is 2.19. The lowest BCUT2D eigenvalue weighted by molar-refractivity contribution is 0.148. The molecule has 0 heterocycles. The molecule has 0 aliphatic rings. The van der Waals surface area contributed by atoms with Crippen molar-refractivity contribution in [2.45, 2.75) is 26.1 Å². The number of ether oxygens (including phenoxy) is 2. The van der Waals surface area contributed by atoms with E-state index in [1.807, 2.05) is 38.1 Å². The van der Waals surface area contributed by atoms with Crippen molar-refractivity contribution in [3.8, 4) is 11.8 Å². The fraction of sp³-hybridized carbons (Fsp3) is 0.417. The van der Waals surface area contributed by atoms with Gasteiger partial charge in [0.25, 0.3) is 0 Å². The minimum atomic E-state index is -0.527. The van der Waals surface area contributed by atoms with Crippen molar-refractivity contribution >= 4 is 0 Å². The zero-order chi connectivity index (χ0) is 11.3. The van der Waals surface area contributed by atoms with Crippen LogP contribution in [0.1, 0.15) is 25.5 Å². The second-order valence-electron chi connectivity index (χ2n) is 3.48. The van der Waals surface area contributed by atoms with Gasteiger partial charge in [-0.1, -0.05) is 12.1 Å². The molecule has 0 aliphatic heterocycles. The molecule has 1 aromatic rings. The Kier molecular flexibility index (Phi) is 4.14. The van der Waals surface area contributed by atoms with Crippen molar-refractivity contribution in [3.05, 3.63) is 29.8 Å². The third-order valence-electron chi connectivity index (χ3n) is 1.89. The molecule has 0 aliphatic carbocycles. The SMILES string of the molecule is COC(C#N)c1cccc(OC(C)C)c1. The Balaban J connectivity index is 2.87. The Hall–Kier alpha value is -1.53. The van der Waals surface area contributed by atoms with Crippen LogP contribution in [0.2, 0.25) is 0 Å². The van der Waals surface area contributed by atoms with Crippen LogP contribution in [0.15, 0.2) is 24.3 Å². The molecular weight excluding hydrogens is 190 g/mol. The van der Waals surface area contributed by atoms with Gasteiger partial charge >= 0.3 is 0 Å². The van der Waals surface area contributed by atoms with E-state index in [1.165, 1.54) is 7.11 Å². The standard InChI is InChI=1S/C12H15NO2/c1-9(2)15-11-6-4-5-10(7-11)12(8-13)14-3/h4-7,9,12H,1-3H3. The van der Waals surface area contributed by atoms with Gasteiger partial charge < -0.3 is 9.47 Å². The highest BCUT2D eigenvalue weighted by molar-refractivity contribution is 5.32. The van der Waals surface area contributed by atoms with Crippen LogP contribution in [0.25, 0.3) is 0 Å². The highest BCUT2D eigenvalue weighted by Crippen LogP contribution is 2.21. The van der Waals surface area contributed by atoms with Crippen LogP contribution >= 0.6 is 0 Å². The third-order valence-corrected chi connectivity index (χ3v) is 1.89. The van der Waals surface area contributed by atoms with E-state index in [0.29, 0.717) is 0 Å². The second kappa shape index (κ2) is 5.38. The highest BCUT2D eigenvalue weighted by atomic mass is 16.5. The molecule has 0 N–H and O–H groups in total. The van der Waals surface area contributed by atoms with Crippen LogP contribution in [0.3, 0.4) is 0 Å². The van der Waals surface area contributed by atoms with E-state index in [-0.39, 0.29) is 6.10 Å². The van der Waals surface area contributed by atoms with Crippen LogP contribution < -0.4 is 4.74 Å². The first-order chi connectivity index (χ1) is 7.17. The molecule has 3 heteroatoms. The van der Waals surface area contributed by atoms with Gasteiger partial charge in [-0.05, 0) is 31.5 Å². The predicted octanol–water partition coefficient (Wildman–Crippen LogP) is 2.68. The van der Waals surface area contributed by atoms with Crippen molar-refractivity contribution < 1.29 is 9.47 Å². The molecule has 0 saturated heterocycles. The number of rotatable bonds is 4. The van der Waals surface area contributed by atoms with Gasteiger partial charge in [-0.3, -0.25) is 0 Å². The van der Waals surface area contributed by atoms with Crippen molar-refractivity contribution in [3.63, 3.8) is 0 Å². The van der Waals surface area contributed by atoms with Gasteiger partial charge in [-0.25, -0.2) is 0 Å². The lowest BCUT2D eigenvalue weighted by Gasteiger charge is -2.12. The molecule has 0 fully saturated rings. The molecule has 1 atom stereocenters. The van der Waals surface area contributed by atoms with E-state index in [4.69, 9.17) is 14.7 Å². The summed E-state index contributed by atoms with van der Waals surface area (Å²) in [7, 11) is 1.52. The van der Waals surface area contributed by atoms with Crippen LogP contribution in [-0.2, 0) is 4.74 Å². The van der Waals surface area contributed by atoms with Crippen LogP contribution in [0.5, 0.6) is 5.75 Å². The number of nitrogens with zero attached hydrogens (tertiary/aromatic N) is 1. The third kappa shape index (κ3) is 3.26. The molecular formula is C12H15NO2. The molecule has 0 radical (unpaired) electrons. The van der Waals surface area contributed by atoms with E-state index >= 15 is 0 Å². The minimum absolute atomic E-state index is 0.128. The number of nitriles is 1. The lowest BCUT2D eigenvalue weighted by atomic mass is 10.1. The van der Waals surface area contributed by atoms with Crippen molar-refractivity contribution in [1.82, 2.24) is 0 Å². The lowest BCUT2D eigenvalue weighted by Crippen LogP contribution is -2.06. The van der Waals surface area contributed by atoms with Crippen molar-refractivity contribution in [2.24, 2.45) is 0 Å². The average molecular weight is 205 g/mol. The van der Waals surface area contributed by atoms with Gasteiger partial charge in [0.15, 0.2) is 6.10 Å². The summed E-state index contributed by atoms with van der Waals surface area (Å²) in [6.07, 6.45) is -0.399. The summed E-state index contributed by atoms with van der Waals surface area (Å²) in [6, 6.07) is 9.48. The maximum atomic E-state index is 8.84. The maximum absolute atomic E-state index is 8.84. The number of benzene rings is 1. The van der Waals surface area contributed by atoms with Gasteiger partial charge in [-0.2, -0.15) is 5.26 Å². The molecule has 80 valence electrons. The van der Waals surface area contributed by atoms with Gasteiger partial charge in [-0.15, -0.1) is 0 Å².